The Hall–Kier alpha value is -2.11. The van der Waals surface area contributed by atoms with Crippen LogP contribution in [0.3, 0.4) is 0 Å². The number of non-ortho nitro benzene ring substituents is 1. The molecule has 1 aliphatic carbocycles. The van der Waals surface area contributed by atoms with Gasteiger partial charge in [-0.05, 0) is 11.6 Å². The fraction of sp³-hybridized carbons (Fsp3) is 0.188. The molecule has 0 spiro atoms. The molecule has 1 fully saturated rings. The summed E-state index contributed by atoms with van der Waals surface area (Å²) in [5, 5.41) is 13.5. The number of hydrogen-bond acceptors (Lipinski definition) is 3. The van der Waals surface area contributed by atoms with Gasteiger partial charge in [0.25, 0.3) is 5.69 Å². The number of hydrogen-bond donors (Lipinski definition) is 1. The highest BCUT2D eigenvalue weighted by atomic mass is 35.5. The maximum atomic E-state index is 12.7. The van der Waals surface area contributed by atoms with Gasteiger partial charge in [0.15, 0.2) is 0 Å². The Morgan fingerprint density at radius 2 is 1.78 bits per heavy atom. The minimum absolute atomic E-state index is 0.102. The summed E-state index contributed by atoms with van der Waals surface area (Å²) in [6.07, 6.45) is 0.286. The molecule has 0 aromatic heterocycles. The number of alkyl halides is 2. The van der Waals surface area contributed by atoms with Crippen molar-refractivity contribution in [3.63, 3.8) is 0 Å². The van der Waals surface area contributed by atoms with E-state index >= 15 is 0 Å². The molecule has 0 bridgehead atoms. The van der Waals surface area contributed by atoms with E-state index in [9.17, 15) is 14.9 Å². The third kappa shape index (κ3) is 2.66. The molecule has 2 aromatic carbocycles. The third-order valence-corrected chi connectivity index (χ3v) is 4.87. The van der Waals surface area contributed by atoms with Crippen LogP contribution in [0.25, 0.3) is 0 Å². The highest BCUT2D eigenvalue weighted by Gasteiger charge is 2.72. The number of benzene rings is 2. The van der Waals surface area contributed by atoms with Crippen molar-refractivity contribution in [2.75, 3.05) is 5.32 Å². The quantitative estimate of drug-likeness (QED) is 0.513. The van der Waals surface area contributed by atoms with Crippen LogP contribution < -0.4 is 5.32 Å². The Morgan fingerprint density at radius 1 is 1.13 bits per heavy atom. The fourth-order valence-corrected chi connectivity index (χ4v) is 3.43. The van der Waals surface area contributed by atoms with Crippen LogP contribution in [0, 0.1) is 10.1 Å². The smallest absolute Gasteiger partial charge is 0.271 e. The molecule has 1 aliphatic rings. The molecule has 2 aromatic rings. The maximum absolute atomic E-state index is 12.7. The van der Waals surface area contributed by atoms with E-state index in [0.717, 1.165) is 0 Å². The number of carbonyl (C=O) groups excluding carboxylic acids is 1. The number of amides is 1. The molecule has 3 rings (SSSR count). The van der Waals surface area contributed by atoms with Gasteiger partial charge in [-0.1, -0.05) is 36.4 Å². The first kappa shape index (κ1) is 15.8. The van der Waals surface area contributed by atoms with Gasteiger partial charge in [-0.15, -0.1) is 23.2 Å². The normalized spacial score (nSPS) is 21.5. The van der Waals surface area contributed by atoms with Crippen LogP contribution in [0.5, 0.6) is 0 Å². The lowest BCUT2D eigenvalue weighted by Crippen LogP contribution is -2.32. The Kier molecular flexibility index (Phi) is 3.78. The van der Waals surface area contributed by atoms with E-state index in [4.69, 9.17) is 23.2 Å². The summed E-state index contributed by atoms with van der Waals surface area (Å²) < 4.78 is -1.20. The van der Waals surface area contributed by atoms with Crippen LogP contribution in [0.1, 0.15) is 12.0 Å². The Balaban J connectivity index is 1.90. The summed E-state index contributed by atoms with van der Waals surface area (Å²) in [5.74, 6) is -0.380. The molecule has 23 heavy (non-hydrogen) atoms. The van der Waals surface area contributed by atoms with Gasteiger partial charge in [0, 0.05) is 24.2 Å². The van der Waals surface area contributed by atoms with Crippen molar-refractivity contribution in [3.05, 3.63) is 70.3 Å². The second kappa shape index (κ2) is 5.51. The summed E-state index contributed by atoms with van der Waals surface area (Å²) in [7, 11) is 0. The molecule has 1 amide bonds. The van der Waals surface area contributed by atoms with E-state index in [1.165, 1.54) is 18.2 Å². The molecule has 1 unspecified atom stereocenters. The molecule has 0 aliphatic heterocycles. The van der Waals surface area contributed by atoms with Gasteiger partial charge in [-0.25, -0.2) is 0 Å². The molecule has 5 nitrogen and oxygen atoms in total. The number of rotatable bonds is 4. The summed E-state index contributed by atoms with van der Waals surface area (Å²) in [6, 6.07) is 14.8. The van der Waals surface area contributed by atoms with Crippen molar-refractivity contribution in [2.24, 2.45) is 0 Å². The van der Waals surface area contributed by atoms with E-state index in [0.29, 0.717) is 11.3 Å². The second-order valence-corrected chi connectivity index (χ2v) is 6.90. The number of nitrogens with one attached hydrogen (secondary N) is 1. The topological polar surface area (TPSA) is 72.2 Å². The van der Waals surface area contributed by atoms with Crippen LogP contribution >= 0.6 is 23.2 Å². The van der Waals surface area contributed by atoms with Crippen molar-refractivity contribution >= 4 is 40.5 Å². The number of halogens is 2. The zero-order valence-corrected chi connectivity index (χ0v) is 13.3. The van der Waals surface area contributed by atoms with Crippen LogP contribution in [0.4, 0.5) is 11.4 Å². The Bertz CT molecular complexity index is 780. The van der Waals surface area contributed by atoms with Crippen molar-refractivity contribution in [1.29, 1.82) is 0 Å². The summed E-state index contributed by atoms with van der Waals surface area (Å²) in [5.41, 5.74) is -0.110. The van der Waals surface area contributed by atoms with Crippen molar-refractivity contribution in [2.45, 2.75) is 16.2 Å². The van der Waals surface area contributed by atoms with Crippen molar-refractivity contribution in [1.82, 2.24) is 0 Å². The zero-order valence-electron chi connectivity index (χ0n) is 11.8. The highest BCUT2D eigenvalue weighted by Crippen LogP contribution is 2.65. The van der Waals surface area contributed by atoms with Crippen LogP contribution in [-0.4, -0.2) is 15.2 Å². The average Bonchev–Trinajstić information content (AvgIpc) is 3.12. The van der Waals surface area contributed by atoms with Gasteiger partial charge in [0.05, 0.1) is 4.92 Å². The molecule has 0 heterocycles. The van der Waals surface area contributed by atoms with Gasteiger partial charge < -0.3 is 5.32 Å². The molecule has 1 N–H and O–H groups in total. The van der Waals surface area contributed by atoms with E-state index in [1.807, 2.05) is 6.07 Å². The lowest BCUT2D eigenvalue weighted by atomic mass is 9.94. The van der Waals surface area contributed by atoms with Gasteiger partial charge in [-0.2, -0.15) is 0 Å². The number of nitrogens with zero attached hydrogens (tertiary/aromatic N) is 1. The van der Waals surface area contributed by atoms with E-state index in [-0.39, 0.29) is 18.0 Å². The van der Waals surface area contributed by atoms with E-state index in [2.05, 4.69) is 5.32 Å². The number of anilines is 1. The van der Waals surface area contributed by atoms with Crippen molar-refractivity contribution < 1.29 is 9.72 Å². The molecule has 118 valence electrons. The van der Waals surface area contributed by atoms with E-state index < -0.39 is 14.7 Å². The second-order valence-electron chi connectivity index (χ2n) is 5.41. The van der Waals surface area contributed by atoms with Crippen LogP contribution in [0.2, 0.25) is 0 Å². The first-order valence-electron chi connectivity index (χ1n) is 6.86. The van der Waals surface area contributed by atoms with Gasteiger partial charge >= 0.3 is 0 Å². The molecule has 0 radical (unpaired) electrons. The Labute approximate surface area is 142 Å². The number of carbonyl (C=O) groups is 1. The Morgan fingerprint density at radius 3 is 2.35 bits per heavy atom. The van der Waals surface area contributed by atoms with Gasteiger partial charge in [-0.3, -0.25) is 14.9 Å². The first-order valence-corrected chi connectivity index (χ1v) is 7.62. The van der Waals surface area contributed by atoms with Crippen LogP contribution in [-0.2, 0) is 10.2 Å². The number of nitro benzene ring substituents is 1. The average molecular weight is 351 g/mol. The summed E-state index contributed by atoms with van der Waals surface area (Å²) in [4.78, 5) is 23.0. The minimum atomic E-state index is -1.20. The summed E-state index contributed by atoms with van der Waals surface area (Å²) >= 11 is 12.5. The monoisotopic (exact) mass is 350 g/mol. The SMILES string of the molecule is O=C(Nc1cccc([N+](=O)[O-])c1)C1(c2ccccc2)CC1(Cl)Cl. The predicted molar refractivity (Wildman–Crippen MR) is 88.9 cm³/mol. The largest absolute Gasteiger partial charge is 0.325 e. The maximum Gasteiger partial charge on any atom is 0.271 e. The zero-order chi connectivity index (χ0) is 16.7. The van der Waals surface area contributed by atoms with E-state index in [1.54, 1.807) is 30.3 Å². The minimum Gasteiger partial charge on any atom is -0.325 e. The molecule has 0 saturated heterocycles. The third-order valence-electron chi connectivity index (χ3n) is 3.96. The molecule has 1 saturated carbocycles. The standard InChI is InChI=1S/C16H12Cl2N2O3/c17-16(18)10-15(16,11-5-2-1-3-6-11)14(21)19-12-7-4-8-13(9-12)20(22)23/h1-9H,10H2,(H,19,21). The molecular formula is C16H12Cl2N2O3. The van der Waals surface area contributed by atoms with Gasteiger partial charge in [0.1, 0.15) is 9.75 Å². The first-order chi connectivity index (χ1) is 10.9. The van der Waals surface area contributed by atoms with Crippen LogP contribution in [0.15, 0.2) is 54.6 Å². The molecular weight excluding hydrogens is 339 g/mol. The molecule has 7 heteroatoms. The summed E-state index contributed by atoms with van der Waals surface area (Å²) in [6.45, 7) is 0. The van der Waals surface area contributed by atoms with Crippen molar-refractivity contribution in [3.8, 4) is 0 Å². The lowest BCUT2D eigenvalue weighted by molar-refractivity contribution is -0.384. The predicted octanol–water partition coefficient (Wildman–Crippen LogP) is 4.05. The number of nitro groups is 1. The van der Waals surface area contributed by atoms with Gasteiger partial charge in [0.2, 0.25) is 5.91 Å². The fourth-order valence-electron chi connectivity index (χ4n) is 2.64. The lowest BCUT2D eigenvalue weighted by Gasteiger charge is -2.18. The molecule has 1 atom stereocenters. The highest BCUT2D eigenvalue weighted by molar-refractivity contribution is 6.54.